The van der Waals surface area contributed by atoms with Crippen LogP contribution in [0.2, 0.25) is 0 Å². The van der Waals surface area contributed by atoms with Crippen molar-refractivity contribution in [2.75, 3.05) is 0 Å². The molecule has 156 valence electrons. The molecule has 28 heavy (non-hydrogen) atoms. The maximum Gasteiger partial charge on any atom is 0.446 e. The third-order valence-electron chi connectivity index (χ3n) is 6.48. The second-order valence-corrected chi connectivity index (χ2v) is 10.0. The minimum Gasteiger partial charge on any atom is -0.362 e. The van der Waals surface area contributed by atoms with Gasteiger partial charge in [-0.2, -0.15) is 16.8 Å². The van der Waals surface area contributed by atoms with Gasteiger partial charge in [0.1, 0.15) is 5.75 Å². The van der Waals surface area contributed by atoms with Gasteiger partial charge in [-0.15, -0.1) is 0 Å². The van der Waals surface area contributed by atoms with E-state index in [1.807, 2.05) is 0 Å². The Morgan fingerprint density at radius 1 is 1.18 bits per heavy atom. The van der Waals surface area contributed by atoms with Crippen LogP contribution >= 0.6 is 0 Å². The van der Waals surface area contributed by atoms with Crippen molar-refractivity contribution in [1.29, 1.82) is 0 Å². The zero-order chi connectivity index (χ0) is 23.0. The van der Waals surface area contributed by atoms with E-state index in [9.17, 15) is 21.4 Å². The molecule has 1 aromatic carbocycles. The number of rotatable bonds is 4. The summed E-state index contributed by atoms with van der Waals surface area (Å²) in [4.78, 5) is 0. The fraction of sp³-hybridized carbons (Fsp3) is 0.667. The summed E-state index contributed by atoms with van der Waals surface area (Å²) in [6.45, 7) is 1.66. The summed E-state index contributed by atoms with van der Waals surface area (Å²) in [6.07, 6.45) is -2.75. The van der Waals surface area contributed by atoms with Crippen LogP contribution in [0.1, 0.15) is 60.1 Å². The van der Waals surface area contributed by atoms with Gasteiger partial charge < -0.3 is 4.18 Å². The van der Waals surface area contributed by atoms with Crippen molar-refractivity contribution in [3.63, 3.8) is 0 Å². The van der Waals surface area contributed by atoms with Crippen LogP contribution in [-0.4, -0.2) is 32.0 Å². The highest BCUT2D eigenvalue weighted by molar-refractivity contribution is 7.81. The van der Waals surface area contributed by atoms with Crippen molar-refractivity contribution in [3.8, 4) is 5.75 Å². The summed E-state index contributed by atoms with van der Waals surface area (Å²) < 4.78 is 97.7. The van der Waals surface area contributed by atoms with Crippen molar-refractivity contribution in [3.05, 3.63) is 29.3 Å². The van der Waals surface area contributed by atoms with E-state index in [0.717, 1.165) is 11.1 Å². The lowest BCUT2D eigenvalue weighted by Gasteiger charge is -2.50. The van der Waals surface area contributed by atoms with Crippen molar-refractivity contribution < 1.29 is 38.4 Å². The molecule has 1 aromatic rings. The Kier molecular flexibility index (Phi) is 3.95. The second kappa shape index (κ2) is 6.66. The zero-order valence-electron chi connectivity index (χ0n) is 18.2. The molecule has 0 aromatic heterocycles. The monoisotopic (exact) mass is 435 g/mol. The number of hydrogen-bond acceptors (Lipinski definition) is 6. The van der Waals surface area contributed by atoms with Gasteiger partial charge in [-0.05, 0) is 84.9 Å². The molecule has 0 amide bonds. The van der Waals surface area contributed by atoms with E-state index in [-0.39, 0.29) is 29.9 Å². The van der Waals surface area contributed by atoms with Crippen molar-refractivity contribution >= 4 is 20.8 Å². The summed E-state index contributed by atoms with van der Waals surface area (Å²) in [7, 11) is -9.67. The topological polar surface area (TPSA) is 127 Å². The van der Waals surface area contributed by atoms with Crippen LogP contribution in [0, 0.1) is 17.3 Å². The minimum absolute atomic E-state index is 0.00396. The smallest absolute Gasteiger partial charge is 0.362 e. The largest absolute Gasteiger partial charge is 0.446 e. The molecule has 3 aliphatic rings. The lowest BCUT2D eigenvalue weighted by atomic mass is 9.55. The van der Waals surface area contributed by atoms with Gasteiger partial charge in [0.15, 0.2) is 0 Å². The van der Waals surface area contributed by atoms with Crippen molar-refractivity contribution in [1.82, 2.24) is 0 Å². The summed E-state index contributed by atoms with van der Waals surface area (Å²) in [6, 6.07) is 4.76. The molecule has 0 radical (unpaired) electrons. The Labute approximate surface area is 169 Å². The molecule has 5 atom stereocenters. The minimum atomic E-state index is -5.03. The number of aryl methyl sites for hydroxylation is 1. The molecule has 10 heteroatoms. The molecular weight excluding hydrogens is 408 g/mol. The Morgan fingerprint density at radius 2 is 1.93 bits per heavy atom. The summed E-state index contributed by atoms with van der Waals surface area (Å²) >= 11 is 0. The van der Waals surface area contributed by atoms with Gasteiger partial charge in [-0.25, -0.2) is 4.18 Å². The van der Waals surface area contributed by atoms with E-state index in [0.29, 0.717) is 25.7 Å². The first-order chi connectivity index (χ1) is 14.1. The molecular formula is C18H24O8S2. The van der Waals surface area contributed by atoms with E-state index in [2.05, 4.69) is 4.18 Å². The highest BCUT2D eigenvalue weighted by Crippen LogP contribution is 2.61. The lowest BCUT2D eigenvalue weighted by Crippen LogP contribution is -2.45. The molecule has 0 spiro atoms. The molecule has 2 fully saturated rings. The summed E-state index contributed by atoms with van der Waals surface area (Å²) in [5.41, 5.74) is 0.719. The average molecular weight is 436 g/mol. The van der Waals surface area contributed by atoms with Gasteiger partial charge in [0, 0.05) is 2.74 Å². The lowest BCUT2D eigenvalue weighted by molar-refractivity contribution is -0.0121. The quantitative estimate of drug-likeness (QED) is 0.691. The van der Waals surface area contributed by atoms with Crippen LogP contribution in [0.15, 0.2) is 18.2 Å². The number of hydrogen-bond donors (Lipinski definition) is 2. The predicted molar refractivity (Wildman–Crippen MR) is 99.7 cm³/mol. The first-order valence-corrected chi connectivity index (χ1v) is 11.8. The Balaban J connectivity index is 1.69. The Hall–Kier alpha value is -1.20. The molecule has 4 rings (SSSR count). The first kappa shape index (κ1) is 16.6. The van der Waals surface area contributed by atoms with Gasteiger partial charge in [-0.3, -0.25) is 9.11 Å². The highest BCUT2D eigenvalue weighted by Gasteiger charge is 2.56. The fourth-order valence-electron chi connectivity index (χ4n) is 5.35. The third-order valence-corrected chi connectivity index (χ3v) is 7.26. The van der Waals surface area contributed by atoms with Crippen LogP contribution in [0.3, 0.4) is 0 Å². The first-order valence-electron chi connectivity index (χ1n) is 10.5. The maximum atomic E-state index is 11.4. The molecule has 3 aliphatic carbocycles. The second-order valence-electron chi connectivity index (χ2n) is 7.96. The molecule has 0 saturated heterocycles. The fourth-order valence-corrected chi connectivity index (χ4v) is 6.15. The van der Waals surface area contributed by atoms with Gasteiger partial charge in [0.2, 0.25) is 0 Å². The van der Waals surface area contributed by atoms with E-state index in [1.165, 1.54) is 6.07 Å². The average Bonchev–Trinajstić information content (AvgIpc) is 2.75. The van der Waals surface area contributed by atoms with E-state index in [4.69, 9.17) is 12.8 Å². The summed E-state index contributed by atoms with van der Waals surface area (Å²) in [5.74, 6) is -0.357. The van der Waals surface area contributed by atoms with Gasteiger partial charge in [-0.1, -0.05) is 13.0 Å². The Bertz CT molecular complexity index is 1120. The van der Waals surface area contributed by atoms with Gasteiger partial charge in [0.05, 0.1) is 7.45 Å². The van der Waals surface area contributed by atoms with Crippen LogP contribution in [0.25, 0.3) is 0 Å². The highest BCUT2D eigenvalue weighted by atomic mass is 32.3. The molecule has 2 saturated carbocycles. The molecule has 2 N–H and O–H groups in total. The van der Waals surface area contributed by atoms with E-state index in [1.54, 1.807) is 19.1 Å². The maximum absolute atomic E-state index is 11.4. The molecule has 8 nitrogen and oxygen atoms in total. The van der Waals surface area contributed by atoms with Crippen LogP contribution in [0.5, 0.6) is 5.75 Å². The van der Waals surface area contributed by atoms with E-state index < -0.39 is 38.7 Å². The van der Waals surface area contributed by atoms with Crippen LogP contribution < -0.4 is 4.18 Å². The Morgan fingerprint density at radius 3 is 2.61 bits per heavy atom. The van der Waals surface area contributed by atoms with Crippen molar-refractivity contribution in [2.45, 2.75) is 57.4 Å². The third kappa shape index (κ3) is 3.68. The summed E-state index contributed by atoms with van der Waals surface area (Å²) in [5, 5.41) is 0. The number of fused-ring (bicyclic) bond motifs is 5. The number of benzene rings is 1. The van der Waals surface area contributed by atoms with Crippen LogP contribution in [0.4, 0.5) is 0 Å². The van der Waals surface area contributed by atoms with Crippen molar-refractivity contribution in [2.24, 2.45) is 17.3 Å². The molecule has 0 unspecified atom stereocenters. The SMILES string of the molecule is [2H]C1([2H])C[C@H]2[C@@H]3CCc4cc(OS(=O)(=O)O)ccc4[C@H]3CC[C@]2(C)[C@@]1([2H])OS(=O)(=O)O. The zero-order valence-corrected chi connectivity index (χ0v) is 16.8. The normalized spacial score (nSPS) is 41.0. The molecule has 0 aliphatic heterocycles. The van der Waals surface area contributed by atoms with Gasteiger partial charge in [0.25, 0.3) is 0 Å². The van der Waals surface area contributed by atoms with Crippen LogP contribution in [-0.2, 0) is 31.4 Å². The molecule has 0 bridgehead atoms. The standard InChI is InChI=1S/C18H24O8S2/c1-18-9-8-14-13-5-3-12(25-27(19,20)21)10-11(13)2-4-15(14)16(18)6-7-17(18)26-28(22,23)24/h3,5,10,14-17H,2,4,6-9H2,1H3,(H,19,20,21)(H,22,23,24)/t14-,15-,16+,17+,18+/m1/s1/i7D2,17D. The van der Waals surface area contributed by atoms with Gasteiger partial charge >= 0.3 is 20.8 Å². The van der Waals surface area contributed by atoms with E-state index >= 15 is 0 Å². The predicted octanol–water partition coefficient (Wildman–Crippen LogP) is 2.91. The molecule has 0 heterocycles.